The molecule has 0 amide bonds. The molecule has 0 aromatic heterocycles. The average Bonchev–Trinajstić information content (AvgIpc) is 3.43. The van der Waals surface area contributed by atoms with Crippen LogP contribution in [0.25, 0.3) is 0 Å². The lowest BCUT2D eigenvalue weighted by Gasteiger charge is -2.43. The van der Waals surface area contributed by atoms with Crippen molar-refractivity contribution in [2.24, 2.45) is 16.3 Å². The van der Waals surface area contributed by atoms with Crippen LogP contribution in [0.3, 0.4) is 0 Å². The van der Waals surface area contributed by atoms with Crippen LogP contribution in [0.5, 0.6) is 5.75 Å². The molecule has 0 atom stereocenters. The summed E-state index contributed by atoms with van der Waals surface area (Å²) in [5, 5.41) is 7.01. The predicted octanol–water partition coefficient (Wildman–Crippen LogP) is 3.88. The Labute approximate surface area is 180 Å². The van der Waals surface area contributed by atoms with Crippen molar-refractivity contribution in [3.63, 3.8) is 0 Å². The molecule has 1 aromatic carbocycles. The molecule has 0 heterocycles. The van der Waals surface area contributed by atoms with E-state index in [1.165, 1.54) is 37.7 Å². The Hall–Kier alpha value is -1.02. The van der Waals surface area contributed by atoms with E-state index in [2.05, 4.69) is 40.7 Å². The first-order valence-electron chi connectivity index (χ1n) is 9.83. The number of ether oxygens (including phenoxy) is 2. The van der Waals surface area contributed by atoms with E-state index < -0.39 is 0 Å². The lowest BCUT2D eigenvalue weighted by Crippen LogP contribution is -2.47. The van der Waals surface area contributed by atoms with E-state index >= 15 is 0 Å². The SMILES string of the molecule is CN=C(NCc1ccc(C)cc1OCCOC)NCC1(C2CC2)CCC1.I. The van der Waals surface area contributed by atoms with E-state index in [9.17, 15) is 0 Å². The summed E-state index contributed by atoms with van der Waals surface area (Å²) in [6.07, 6.45) is 6.96. The zero-order valence-electron chi connectivity index (χ0n) is 16.8. The summed E-state index contributed by atoms with van der Waals surface area (Å²) >= 11 is 0. The highest BCUT2D eigenvalue weighted by Crippen LogP contribution is 2.56. The largest absolute Gasteiger partial charge is 0.491 e. The fourth-order valence-electron chi connectivity index (χ4n) is 3.89. The lowest BCUT2D eigenvalue weighted by atomic mass is 9.65. The summed E-state index contributed by atoms with van der Waals surface area (Å²) in [5.41, 5.74) is 2.87. The molecular weight excluding hydrogens is 453 g/mol. The van der Waals surface area contributed by atoms with Gasteiger partial charge in [-0.2, -0.15) is 0 Å². The van der Waals surface area contributed by atoms with E-state index in [1.807, 2.05) is 7.05 Å². The maximum Gasteiger partial charge on any atom is 0.191 e. The highest BCUT2D eigenvalue weighted by Gasteiger charge is 2.48. The van der Waals surface area contributed by atoms with Crippen LogP contribution in [0.2, 0.25) is 0 Å². The number of aryl methyl sites for hydroxylation is 1. The fourth-order valence-corrected chi connectivity index (χ4v) is 3.89. The van der Waals surface area contributed by atoms with Crippen molar-refractivity contribution >= 4 is 29.9 Å². The molecule has 2 aliphatic carbocycles. The second-order valence-corrected chi connectivity index (χ2v) is 7.72. The molecule has 2 saturated carbocycles. The summed E-state index contributed by atoms with van der Waals surface area (Å²) in [4.78, 5) is 4.40. The summed E-state index contributed by atoms with van der Waals surface area (Å²) in [6.45, 7) is 4.97. The van der Waals surface area contributed by atoms with Crippen molar-refractivity contribution in [2.45, 2.75) is 45.6 Å². The van der Waals surface area contributed by atoms with Crippen LogP contribution in [-0.2, 0) is 11.3 Å². The molecule has 6 heteroatoms. The van der Waals surface area contributed by atoms with Gasteiger partial charge in [-0.1, -0.05) is 18.6 Å². The van der Waals surface area contributed by atoms with Crippen molar-refractivity contribution in [3.05, 3.63) is 29.3 Å². The molecule has 2 fully saturated rings. The highest BCUT2D eigenvalue weighted by atomic mass is 127. The van der Waals surface area contributed by atoms with Crippen LogP contribution in [0.1, 0.15) is 43.2 Å². The minimum Gasteiger partial charge on any atom is -0.491 e. The Morgan fingerprint density at radius 3 is 2.59 bits per heavy atom. The van der Waals surface area contributed by atoms with Crippen LogP contribution in [0.15, 0.2) is 23.2 Å². The average molecular weight is 487 g/mol. The maximum atomic E-state index is 5.88. The molecule has 0 bridgehead atoms. The molecule has 0 spiro atoms. The third-order valence-electron chi connectivity index (χ3n) is 5.84. The quantitative estimate of drug-likeness (QED) is 0.240. The second-order valence-electron chi connectivity index (χ2n) is 7.72. The number of nitrogens with one attached hydrogen (secondary N) is 2. The molecule has 0 saturated heterocycles. The predicted molar refractivity (Wildman–Crippen MR) is 121 cm³/mol. The van der Waals surface area contributed by atoms with Gasteiger partial charge >= 0.3 is 0 Å². The van der Waals surface area contributed by atoms with Crippen LogP contribution < -0.4 is 15.4 Å². The number of hydrogen-bond donors (Lipinski definition) is 2. The highest BCUT2D eigenvalue weighted by molar-refractivity contribution is 14.0. The Kier molecular flexibility index (Phi) is 8.66. The molecule has 0 aliphatic heterocycles. The van der Waals surface area contributed by atoms with Crippen LogP contribution >= 0.6 is 24.0 Å². The Balaban J connectivity index is 0.00000261. The third-order valence-corrected chi connectivity index (χ3v) is 5.84. The van der Waals surface area contributed by atoms with Crippen LogP contribution in [0, 0.1) is 18.3 Å². The molecule has 3 rings (SSSR count). The van der Waals surface area contributed by atoms with Crippen molar-refractivity contribution in [1.82, 2.24) is 10.6 Å². The molecule has 5 nitrogen and oxygen atoms in total. The Morgan fingerprint density at radius 1 is 1.22 bits per heavy atom. The second kappa shape index (κ2) is 10.5. The number of guanidine groups is 1. The van der Waals surface area contributed by atoms with Crippen molar-refractivity contribution in [2.75, 3.05) is 33.9 Å². The lowest BCUT2D eigenvalue weighted by molar-refractivity contribution is 0.106. The smallest absolute Gasteiger partial charge is 0.191 e. The van der Waals surface area contributed by atoms with E-state index in [0.717, 1.165) is 29.7 Å². The first-order valence-corrected chi connectivity index (χ1v) is 9.83. The fraction of sp³-hybridized carbons (Fsp3) is 0.667. The zero-order chi connectivity index (χ0) is 18.4. The molecule has 2 N–H and O–H groups in total. The maximum absolute atomic E-state index is 5.88. The van der Waals surface area contributed by atoms with Gasteiger partial charge < -0.3 is 20.1 Å². The molecule has 27 heavy (non-hydrogen) atoms. The zero-order valence-corrected chi connectivity index (χ0v) is 19.2. The monoisotopic (exact) mass is 487 g/mol. The van der Waals surface area contributed by atoms with Crippen LogP contribution in [-0.4, -0.2) is 39.9 Å². The molecule has 1 aromatic rings. The number of aliphatic imine (C=N–C) groups is 1. The van der Waals surface area contributed by atoms with E-state index in [0.29, 0.717) is 25.2 Å². The molecule has 0 unspecified atom stereocenters. The van der Waals surface area contributed by atoms with Gasteiger partial charge in [0.15, 0.2) is 5.96 Å². The van der Waals surface area contributed by atoms with Gasteiger partial charge in [-0.3, -0.25) is 4.99 Å². The summed E-state index contributed by atoms with van der Waals surface area (Å²) in [6, 6.07) is 6.32. The summed E-state index contributed by atoms with van der Waals surface area (Å²) < 4.78 is 11.0. The number of rotatable bonds is 9. The van der Waals surface area contributed by atoms with Crippen molar-refractivity contribution in [3.8, 4) is 5.75 Å². The third kappa shape index (κ3) is 5.98. The molecular formula is C21H34IN3O2. The summed E-state index contributed by atoms with van der Waals surface area (Å²) in [7, 11) is 3.53. The first kappa shape index (κ1) is 22.3. The van der Waals surface area contributed by atoms with Gasteiger partial charge in [0, 0.05) is 32.8 Å². The minimum atomic E-state index is 0. The van der Waals surface area contributed by atoms with Crippen LogP contribution in [0.4, 0.5) is 0 Å². The van der Waals surface area contributed by atoms with Gasteiger partial charge in [-0.05, 0) is 55.6 Å². The minimum absolute atomic E-state index is 0. The number of benzene rings is 1. The Bertz CT molecular complexity index is 628. The number of hydrogen-bond acceptors (Lipinski definition) is 3. The first-order chi connectivity index (χ1) is 12.7. The molecule has 2 aliphatic rings. The van der Waals surface area contributed by atoms with Crippen molar-refractivity contribution in [1.29, 1.82) is 0 Å². The number of methoxy groups -OCH3 is 1. The van der Waals surface area contributed by atoms with E-state index in [4.69, 9.17) is 9.47 Å². The van der Waals surface area contributed by atoms with E-state index in [1.54, 1.807) is 7.11 Å². The van der Waals surface area contributed by atoms with Gasteiger partial charge in [0.1, 0.15) is 12.4 Å². The molecule has 0 radical (unpaired) electrons. The number of halogens is 1. The topological polar surface area (TPSA) is 54.9 Å². The Morgan fingerprint density at radius 2 is 2.00 bits per heavy atom. The normalized spacial score (nSPS) is 18.3. The number of nitrogens with zero attached hydrogens (tertiary/aromatic N) is 1. The standard InChI is InChI=1S/C21H33N3O2.HI/c1-16-5-6-17(19(13-16)26-12-11-25-3)14-23-20(22-2)24-15-21(9-4-10-21)18-7-8-18;/h5-6,13,18H,4,7-12,14-15H2,1-3H3,(H2,22,23,24);1H. The van der Waals surface area contributed by atoms with Gasteiger partial charge in [0.25, 0.3) is 0 Å². The van der Waals surface area contributed by atoms with Gasteiger partial charge in [0.05, 0.1) is 6.61 Å². The van der Waals surface area contributed by atoms with Crippen molar-refractivity contribution < 1.29 is 9.47 Å². The van der Waals surface area contributed by atoms with Gasteiger partial charge in [-0.25, -0.2) is 0 Å². The van der Waals surface area contributed by atoms with Gasteiger partial charge in [-0.15, -0.1) is 24.0 Å². The van der Waals surface area contributed by atoms with E-state index in [-0.39, 0.29) is 24.0 Å². The summed E-state index contributed by atoms with van der Waals surface area (Å²) in [5.74, 6) is 2.73. The molecule has 152 valence electrons. The van der Waals surface area contributed by atoms with Gasteiger partial charge in [0.2, 0.25) is 0 Å².